The second-order valence-corrected chi connectivity index (χ2v) is 3.57. The van der Waals surface area contributed by atoms with E-state index in [4.69, 9.17) is 4.74 Å². The molecule has 0 aromatic heterocycles. The van der Waals surface area contributed by atoms with Gasteiger partial charge < -0.3 is 20.7 Å². The van der Waals surface area contributed by atoms with Gasteiger partial charge in [-0.25, -0.2) is 4.79 Å². The minimum Gasteiger partial charge on any atom is -0.445 e. The van der Waals surface area contributed by atoms with Crippen LogP contribution in [0.2, 0.25) is 0 Å². The molecular weight excluding hydrogens is 250 g/mol. The van der Waals surface area contributed by atoms with Crippen molar-refractivity contribution in [2.75, 3.05) is 18.9 Å². The van der Waals surface area contributed by atoms with Crippen LogP contribution in [0.1, 0.15) is 5.56 Å². The lowest BCUT2D eigenvalue weighted by Crippen LogP contribution is -2.26. The maximum absolute atomic E-state index is 11.3. The van der Waals surface area contributed by atoms with Crippen molar-refractivity contribution in [3.63, 3.8) is 0 Å². The normalized spacial score (nSPS) is 9.32. The predicted octanol–water partition coefficient (Wildman–Crippen LogP) is 0.227. The molecule has 1 aromatic carbocycles. The number of alkyl carbamates (subject to hydrolysis) is 1. The van der Waals surface area contributed by atoms with Crippen molar-refractivity contribution in [1.29, 1.82) is 0 Å². The molecule has 0 heterocycles. The third kappa shape index (κ3) is 5.53. The molecule has 102 valence electrons. The Hall–Kier alpha value is -2.57. The van der Waals surface area contributed by atoms with E-state index in [2.05, 4.69) is 16.0 Å². The van der Waals surface area contributed by atoms with E-state index in [0.29, 0.717) is 12.1 Å². The van der Waals surface area contributed by atoms with Crippen LogP contribution in [-0.2, 0) is 20.9 Å². The molecule has 0 bridgehead atoms. The van der Waals surface area contributed by atoms with E-state index in [1.54, 1.807) is 24.3 Å². The topological polar surface area (TPSA) is 96.5 Å². The van der Waals surface area contributed by atoms with Crippen LogP contribution in [0.4, 0.5) is 10.5 Å². The van der Waals surface area contributed by atoms with Gasteiger partial charge in [0.15, 0.2) is 0 Å². The minimum absolute atomic E-state index is 0.0783. The highest BCUT2D eigenvalue weighted by Gasteiger charge is 2.02. The molecular formula is C12H15N3O4. The van der Waals surface area contributed by atoms with Crippen molar-refractivity contribution in [3.8, 4) is 0 Å². The monoisotopic (exact) mass is 265 g/mol. The second-order valence-electron chi connectivity index (χ2n) is 3.57. The molecule has 7 nitrogen and oxygen atoms in total. The summed E-state index contributed by atoms with van der Waals surface area (Å²) in [7, 11) is 1.48. The fraction of sp³-hybridized carbons (Fsp3) is 0.250. The number of anilines is 1. The number of ether oxygens (including phenoxy) is 1. The molecule has 0 saturated heterocycles. The molecule has 0 spiro atoms. The summed E-state index contributed by atoms with van der Waals surface area (Å²) in [6, 6.07) is 6.82. The zero-order valence-corrected chi connectivity index (χ0v) is 10.4. The van der Waals surface area contributed by atoms with Gasteiger partial charge in [0.25, 0.3) is 0 Å². The third-order valence-corrected chi connectivity index (χ3v) is 2.16. The Kier molecular flexibility index (Phi) is 5.87. The lowest BCUT2D eigenvalue weighted by atomic mass is 10.2. The highest BCUT2D eigenvalue weighted by molar-refractivity contribution is 5.93. The number of hydrogen-bond donors (Lipinski definition) is 3. The van der Waals surface area contributed by atoms with E-state index in [0.717, 1.165) is 5.56 Å². The fourth-order valence-corrected chi connectivity index (χ4v) is 1.24. The lowest BCUT2D eigenvalue weighted by Gasteiger charge is -2.07. The van der Waals surface area contributed by atoms with Gasteiger partial charge in [-0.3, -0.25) is 9.59 Å². The van der Waals surface area contributed by atoms with Gasteiger partial charge in [0.05, 0.1) is 6.54 Å². The van der Waals surface area contributed by atoms with Crippen LogP contribution in [0, 0.1) is 0 Å². The predicted molar refractivity (Wildman–Crippen MR) is 68.4 cm³/mol. The highest BCUT2D eigenvalue weighted by Crippen LogP contribution is 2.10. The van der Waals surface area contributed by atoms with Crippen molar-refractivity contribution < 1.29 is 19.1 Å². The van der Waals surface area contributed by atoms with Gasteiger partial charge in [-0.15, -0.1) is 0 Å². The number of rotatable bonds is 6. The first-order valence-corrected chi connectivity index (χ1v) is 5.56. The van der Waals surface area contributed by atoms with Gasteiger partial charge in [-0.2, -0.15) is 0 Å². The zero-order chi connectivity index (χ0) is 14.1. The SMILES string of the molecule is CNC(=O)OCc1ccc(NC(=O)CNC=O)cc1. The largest absolute Gasteiger partial charge is 0.445 e. The number of carbonyl (C=O) groups is 3. The zero-order valence-electron chi connectivity index (χ0n) is 10.4. The molecule has 0 aliphatic heterocycles. The standard InChI is InChI=1S/C12H15N3O4/c1-13-12(18)19-7-9-2-4-10(5-3-9)15-11(17)6-14-8-16/h2-5,8H,6-7H2,1H3,(H,13,18)(H,14,16)(H,15,17). The van der Waals surface area contributed by atoms with Crippen molar-refractivity contribution in [3.05, 3.63) is 29.8 Å². The molecule has 0 aliphatic rings. The van der Waals surface area contributed by atoms with Crippen LogP contribution >= 0.6 is 0 Å². The van der Waals surface area contributed by atoms with Crippen molar-refractivity contribution >= 4 is 24.1 Å². The molecule has 7 heteroatoms. The van der Waals surface area contributed by atoms with Gasteiger partial charge >= 0.3 is 6.09 Å². The molecule has 0 radical (unpaired) electrons. The Labute approximate surface area is 110 Å². The Bertz CT molecular complexity index is 445. The molecule has 1 aromatic rings. The van der Waals surface area contributed by atoms with Gasteiger partial charge in [-0.1, -0.05) is 12.1 Å². The third-order valence-electron chi connectivity index (χ3n) is 2.16. The summed E-state index contributed by atoms with van der Waals surface area (Å²) in [4.78, 5) is 32.2. The number of hydrogen-bond acceptors (Lipinski definition) is 4. The molecule has 3 N–H and O–H groups in total. The number of amides is 3. The van der Waals surface area contributed by atoms with Crippen LogP contribution in [0.5, 0.6) is 0 Å². The van der Waals surface area contributed by atoms with Crippen LogP contribution in [-0.4, -0.2) is 32.0 Å². The first-order chi connectivity index (χ1) is 9.15. The van der Waals surface area contributed by atoms with Crippen molar-refractivity contribution in [1.82, 2.24) is 10.6 Å². The molecule has 0 unspecified atom stereocenters. The summed E-state index contributed by atoms with van der Waals surface area (Å²) >= 11 is 0. The Morgan fingerprint density at radius 1 is 1.26 bits per heavy atom. The smallest absolute Gasteiger partial charge is 0.407 e. The molecule has 0 saturated carbocycles. The maximum atomic E-state index is 11.3. The highest BCUT2D eigenvalue weighted by atomic mass is 16.5. The summed E-state index contributed by atoms with van der Waals surface area (Å²) in [5, 5.41) is 7.20. The van der Waals surface area contributed by atoms with E-state index < -0.39 is 6.09 Å². The van der Waals surface area contributed by atoms with Gasteiger partial charge in [-0.05, 0) is 17.7 Å². The average Bonchev–Trinajstić information content (AvgIpc) is 2.44. The lowest BCUT2D eigenvalue weighted by molar-refractivity contribution is -0.118. The van der Waals surface area contributed by atoms with Crippen LogP contribution in [0.25, 0.3) is 0 Å². The molecule has 0 atom stereocenters. The van der Waals surface area contributed by atoms with Crippen molar-refractivity contribution in [2.45, 2.75) is 6.61 Å². The first kappa shape index (κ1) is 14.5. The molecule has 0 aliphatic carbocycles. The molecule has 19 heavy (non-hydrogen) atoms. The summed E-state index contributed by atoms with van der Waals surface area (Å²) in [5.41, 5.74) is 1.40. The van der Waals surface area contributed by atoms with E-state index in [1.807, 2.05) is 0 Å². The number of carbonyl (C=O) groups excluding carboxylic acids is 3. The Balaban J connectivity index is 2.45. The maximum Gasteiger partial charge on any atom is 0.407 e. The average molecular weight is 265 g/mol. The Morgan fingerprint density at radius 3 is 2.53 bits per heavy atom. The van der Waals surface area contributed by atoms with E-state index in [1.165, 1.54) is 7.05 Å². The quantitative estimate of drug-likeness (QED) is 0.641. The molecule has 3 amide bonds. The summed E-state index contributed by atoms with van der Waals surface area (Å²) in [6.45, 7) is 0.0750. The van der Waals surface area contributed by atoms with E-state index in [-0.39, 0.29) is 19.1 Å². The van der Waals surface area contributed by atoms with E-state index >= 15 is 0 Å². The number of benzene rings is 1. The molecule has 0 fully saturated rings. The van der Waals surface area contributed by atoms with Gasteiger partial charge in [0.1, 0.15) is 6.61 Å². The summed E-state index contributed by atoms with van der Waals surface area (Å²) in [6.07, 6.45) is -0.0453. The number of nitrogens with one attached hydrogen (secondary N) is 3. The molecule has 1 rings (SSSR count). The van der Waals surface area contributed by atoms with Gasteiger partial charge in [0.2, 0.25) is 12.3 Å². The fourth-order valence-electron chi connectivity index (χ4n) is 1.24. The van der Waals surface area contributed by atoms with Crippen LogP contribution < -0.4 is 16.0 Å². The Morgan fingerprint density at radius 2 is 1.95 bits per heavy atom. The van der Waals surface area contributed by atoms with E-state index in [9.17, 15) is 14.4 Å². The summed E-state index contributed by atoms with van der Waals surface area (Å²) < 4.78 is 4.87. The van der Waals surface area contributed by atoms with Gasteiger partial charge in [0, 0.05) is 12.7 Å². The van der Waals surface area contributed by atoms with Crippen LogP contribution in [0.3, 0.4) is 0 Å². The van der Waals surface area contributed by atoms with Crippen LogP contribution in [0.15, 0.2) is 24.3 Å². The summed E-state index contributed by atoms with van der Waals surface area (Å²) in [5.74, 6) is -0.318. The second kappa shape index (κ2) is 7.70. The minimum atomic E-state index is -0.502. The first-order valence-electron chi connectivity index (χ1n) is 5.56. The van der Waals surface area contributed by atoms with Crippen molar-refractivity contribution in [2.24, 2.45) is 0 Å².